The average molecular weight is 258 g/mol. The van der Waals surface area contributed by atoms with Crippen molar-refractivity contribution in [2.24, 2.45) is 0 Å². The van der Waals surface area contributed by atoms with Crippen LogP contribution >= 0.6 is 11.3 Å². The second-order valence-corrected chi connectivity index (χ2v) is 5.05. The molecule has 0 fully saturated rings. The molecule has 18 heavy (non-hydrogen) atoms. The summed E-state index contributed by atoms with van der Waals surface area (Å²) < 4.78 is 0. The maximum atomic E-state index is 9.04. The zero-order valence-electron chi connectivity index (χ0n) is 9.50. The zero-order chi connectivity index (χ0) is 12.5. The number of fused-ring (bicyclic) bond motifs is 1. The molecule has 0 atom stereocenters. The molecule has 0 aliphatic carbocycles. The molecule has 3 rings (SSSR count). The van der Waals surface area contributed by atoms with Crippen LogP contribution < -0.4 is 10.6 Å². The maximum absolute atomic E-state index is 9.04. The van der Waals surface area contributed by atoms with Gasteiger partial charge in [0, 0.05) is 30.2 Å². The number of hydrogen-bond donors (Lipinski definition) is 1. The molecule has 0 aromatic carbocycles. The van der Waals surface area contributed by atoms with Gasteiger partial charge in [-0.05, 0) is 0 Å². The Hall–Kier alpha value is -2.20. The summed E-state index contributed by atoms with van der Waals surface area (Å²) in [7, 11) is 0. The van der Waals surface area contributed by atoms with Gasteiger partial charge >= 0.3 is 0 Å². The lowest BCUT2D eigenvalue weighted by molar-refractivity contribution is 0.715. The molecule has 90 valence electrons. The van der Waals surface area contributed by atoms with E-state index in [1.165, 1.54) is 17.5 Å². The van der Waals surface area contributed by atoms with Crippen molar-refractivity contribution in [3.63, 3.8) is 0 Å². The van der Waals surface area contributed by atoms with E-state index in [-0.39, 0.29) is 0 Å². The Kier molecular flexibility index (Phi) is 2.57. The first-order valence-electron chi connectivity index (χ1n) is 5.48. The Morgan fingerprint density at radius 2 is 2.22 bits per heavy atom. The van der Waals surface area contributed by atoms with Crippen molar-refractivity contribution in [1.82, 2.24) is 15.0 Å². The molecule has 1 aliphatic rings. The number of anilines is 2. The minimum Gasteiger partial charge on any atom is -0.375 e. The highest BCUT2D eigenvalue weighted by Gasteiger charge is 2.23. The fraction of sp³-hybridized carbons (Fsp3) is 0.273. The standard InChI is InChI=1S/C11H10N6S/c12-5-8-10(15-3-2-14-8)17-4-1-7-9(6-17)18-11(13)16-7/h2-3H,1,4,6H2,(H2,13,16). The third kappa shape index (κ3) is 1.76. The largest absolute Gasteiger partial charge is 0.375 e. The van der Waals surface area contributed by atoms with Gasteiger partial charge in [-0.1, -0.05) is 0 Å². The van der Waals surface area contributed by atoms with Gasteiger partial charge in [0.25, 0.3) is 0 Å². The molecule has 0 amide bonds. The van der Waals surface area contributed by atoms with Crippen LogP contribution in [0.1, 0.15) is 16.3 Å². The maximum Gasteiger partial charge on any atom is 0.183 e. The third-order valence-electron chi connectivity index (χ3n) is 2.83. The molecule has 3 heterocycles. The molecular formula is C11H10N6S. The molecule has 0 radical (unpaired) electrons. The first-order chi connectivity index (χ1) is 8.78. The number of rotatable bonds is 1. The van der Waals surface area contributed by atoms with E-state index in [0.29, 0.717) is 23.2 Å². The Balaban J connectivity index is 1.94. The molecule has 2 N–H and O–H groups in total. The normalized spacial score (nSPS) is 14.1. The summed E-state index contributed by atoms with van der Waals surface area (Å²) >= 11 is 1.50. The number of nitrogens with zero attached hydrogens (tertiary/aromatic N) is 5. The van der Waals surface area contributed by atoms with Crippen molar-refractivity contribution in [1.29, 1.82) is 5.26 Å². The van der Waals surface area contributed by atoms with Crippen molar-refractivity contribution in [2.75, 3.05) is 17.2 Å². The van der Waals surface area contributed by atoms with Gasteiger partial charge in [0.2, 0.25) is 0 Å². The van der Waals surface area contributed by atoms with Gasteiger partial charge in [-0.3, -0.25) is 0 Å². The van der Waals surface area contributed by atoms with Gasteiger partial charge < -0.3 is 10.6 Å². The predicted molar refractivity (Wildman–Crippen MR) is 68.0 cm³/mol. The van der Waals surface area contributed by atoms with E-state index in [0.717, 1.165) is 23.5 Å². The molecule has 0 saturated heterocycles. The van der Waals surface area contributed by atoms with Crippen LogP contribution in [-0.2, 0) is 13.0 Å². The lowest BCUT2D eigenvalue weighted by atomic mass is 10.2. The van der Waals surface area contributed by atoms with Crippen molar-refractivity contribution in [3.05, 3.63) is 28.7 Å². The first-order valence-corrected chi connectivity index (χ1v) is 6.29. The lowest BCUT2D eigenvalue weighted by Crippen LogP contribution is -2.31. The van der Waals surface area contributed by atoms with E-state index >= 15 is 0 Å². The lowest BCUT2D eigenvalue weighted by Gasteiger charge is -2.27. The van der Waals surface area contributed by atoms with Crippen LogP contribution in [0.3, 0.4) is 0 Å². The molecule has 2 aromatic heterocycles. The Morgan fingerprint density at radius 3 is 3.06 bits per heavy atom. The monoisotopic (exact) mass is 258 g/mol. The van der Waals surface area contributed by atoms with E-state index in [1.54, 1.807) is 6.20 Å². The third-order valence-corrected chi connectivity index (χ3v) is 3.74. The summed E-state index contributed by atoms with van der Waals surface area (Å²) in [5.74, 6) is 0.637. The summed E-state index contributed by atoms with van der Waals surface area (Å²) in [6.07, 6.45) is 3.96. The van der Waals surface area contributed by atoms with Crippen LogP contribution in [0.2, 0.25) is 0 Å². The highest BCUT2D eigenvalue weighted by molar-refractivity contribution is 7.15. The van der Waals surface area contributed by atoms with Gasteiger partial charge in [0.1, 0.15) is 6.07 Å². The molecule has 0 spiro atoms. The van der Waals surface area contributed by atoms with Crippen LogP contribution in [0, 0.1) is 11.3 Å². The molecule has 2 aromatic rings. The highest BCUT2D eigenvalue weighted by atomic mass is 32.1. The van der Waals surface area contributed by atoms with Crippen molar-refractivity contribution < 1.29 is 0 Å². The highest BCUT2D eigenvalue weighted by Crippen LogP contribution is 2.29. The van der Waals surface area contributed by atoms with E-state index in [4.69, 9.17) is 11.0 Å². The molecule has 1 aliphatic heterocycles. The number of nitriles is 1. The fourth-order valence-electron chi connectivity index (χ4n) is 2.04. The SMILES string of the molecule is N#Cc1nccnc1N1CCc2nc(N)sc2C1. The molecule has 0 saturated carbocycles. The fourth-order valence-corrected chi connectivity index (χ4v) is 2.93. The summed E-state index contributed by atoms with van der Waals surface area (Å²) in [5, 5.41) is 9.64. The number of nitrogen functional groups attached to an aromatic ring is 1. The predicted octanol–water partition coefficient (Wildman–Crippen LogP) is 0.950. The van der Waals surface area contributed by atoms with Gasteiger partial charge in [0.05, 0.1) is 12.2 Å². The van der Waals surface area contributed by atoms with Crippen molar-refractivity contribution in [2.45, 2.75) is 13.0 Å². The first kappa shape index (κ1) is 10.9. The summed E-state index contributed by atoms with van der Waals surface area (Å²) in [6, 6.07) is 2.07. The van der Waals surface area contributed by atoms with Gasteiger partial charge in [-0.25, -0.2) is 15.0 Å². The second-order valence-electron chi connectivity index (χ2n) is 3.93. The van der Waals surface area contributed by atoms with Crippen LogP contribution in [-0.4, -0.2) is 21.5 Å². The smallest absolute Gasteiger partial charge is 0.183 e. The van der Waals surface area contributed by atoms with Crippen LogP contribution in [0.5, 0.6) is 0 Å². The Labute approximate surface area is 108 Å². The van der Waals surface area contributed by atoms with E-state index in [1.807, 2.05) is 4.90 Å². The number of thiazole rings is 1. The van der Waals surface area contributed by atoms with Crippen LogP contribution in [0.4, 0.5) is 10.9 Å². The summed E-state index contributed by atoms with van der Waals surface area (Å²) in [5.41, 5.74) is 7.13. The van der Waals surface area contributed by atoms with Gasteiger partial charge in [-0.2, -0.15) is 5.26 Å². The zero-order valence-corrected chi connectivity index (χ0v) is 10.3. The number of hydrogen-bond acceptors (Lipinski definition) is 7. The number of aromatic nitrogens is 3. The summed E-state index contributed by atoms with van der Waals surface area (Å²) in [4.78, 5) is 15.8. The van der Waals surface area contributed by atoms with E-state index < -0.39 is 0 Å². The van der Waals surface area contributed by atoms with E-state index in [9.17, 15) is 0 Å². The van der Waals surface area contributed by atoms with Crippen molar-refractivity contribution >= 4 is 22.3 Å². The molecule has 7 heteroatoms. The van der Waals surface area contributed by atoms with Crippen LogP contribution in [0.15, 0.2) is 12.4 Å². The number of nitrogens with two attached hydrogens (primary N) is 1. The summed E-state index contributed by atoms with van der Waals surface area (Å²) in [6.45, 7) is 1.47. The van der Waals surface area contributed by atoms with Crippen LogP contribution in [0.25, 0.3) is 0 Å². The minimum atomic E-state index is 0.360. The molecule has 0 bridgehead atoms. The molecular weight excluding hydrogens is 248 g/mol. The molecule has 0 unspecified atom stereocenters. The van der Waals surface area contributed by atoms with Gasteiger partial charge in [0.15, 0.2) is 16.6 Å². The van der Waals surface area contributed by atoms with Crippen molar-refractivity contribution in [3.8, 4) is 6.07 Å². The second kappa shape index (κ2) is 4.23. The van der Waals surface area contributed by atoms with E-state index in [2.05, 4.69) is 21.0 Å². The Bertz CT molecular complexity index is 629. The minimum absolute atomic E-state index is 0.360. The van der Waals surface area contributed by atoms with Gasteiger partial charge in [-0.15, -0.1) is 11.3 Å². The quantitative estimate of drug-likeness (QED) is 0.818. The average Bonchev–Trinajstić information content (AvgIpc) is 2.77. The Morgan fingerprint density at radius 1 is 1.39 bits per heavy atom. The topological polar surface area (TPSA) is 91.7 Å². The molecule has 6 nitrogen and oxygen atoms in total.